The molecule has 0 radical (unpaired) electrons. The highest BCUT2D eigenvalue weighted by atomic mass is 16.6. The first-order valence-corrected chi connectivity index (χ1v) is 24.2. The number of aliphatic carboxylic acids is 1. The number of carboxylic acid groups (broad SMARTS) is 1. The average Bonchev–Trinajstić information content (AvgIpc) is 3.22. The fraction of sp³-hybridized carbons (Fsp3) is 0.679. The summed E-state index contributed by atoms with van der Waals surface area (Å²) in [6, 6.07) is -0.626. The van der Waals surface area contributed by atoms with Crippen LogP contribution in [0.15, 0.2) is 85.1 Å². The summed E-state index contributed by atoms with van der Waals surface area (Å²) < 4.78 is 17.3. The number of carbonyl (C=O) groups excluding carboxylic acids is 2. The Morgan fingerprint density at radius 1 is 0.525 bits per heavy atom. The zero-order valence-electron chi connectivity index (χ0n) is 39.6. The lowest BCUT2D eigenvalue weighted by molar-refractivity contribution is -0.887. The SMILES string of the molecule is CC/C=C/C/C=C/C/C=C/C/C=C/CCCCCCCCC(=O)OCC(COCCC(C(=O)O)[N+](C)(C)C)OC(=O)CCCCCCC/C=C/C=C/C=C/CCCCCCC. The van der Waals surface area contributed by atoms with E-state index in [0.29, 0.717) is 19.3 Å². The number of quaternary nitrogens is 1. The number of allylic oxidation sites excluding steroid dienone is 14. The third-order valence-corrected chi connectivity index (χ3v) is 10.3. The van der Waals surface area contributed by atoms with Crippen LogP contribution >= 0.6 is 0 Å². The van der Waals surface area contributed by atoms with Crippen molar-refractivity contribution in [2.24, 2.45) is 0 Å². The Morgan fingerprint density at radius 2 is 0.984 bits per heavy atom. The first kappa shape index (κ1) is 57.5. The van der Waals surface area contributed by atoms with E-state index in [9.17, 15) is 19.5 Å². The molecule has 0 fully saturated rings. The first-order chi connectivity index (χ1) is 29.6. The van der Waals surface area contributed by atoms with Crippen LogP contribution in [0, 0.1) is 0 Å². The number of ether oxygens (including phenoxy) is 3. The molecule has 0 aliphatic heterocycles. The van der Waals surface area contributed by atoms with Crippen molar-refractivity contribution in [3.8, 4) is 0 Å². The second-order valence-corrected chi connectivity index (χ2v) is 17.0. The van der Waals surface area contributed by atoms with Gasteiger partial charge in [-0.25, -0.2) is 4.79 Å². The monoisotopic (exact) mass is 853 g/mol. The molecule has 348 valence electrons. The van der Waals surface area contributed by atoms with E-state index in [1.807, 2.05) is 21.1 Å². The Labute approximate surface area is 373 Å². The molecular formula is C53H90NO7+. The van der Waals surface area contributed by atoms with Gasteiger partial charge in [-0.05, 0) is 77.0 Å². The lowest BCUT2D eigenvalue weighted by atomic mass is 10.1. The van der Waals surface area contributed by atoms with Crippen molar-refractivity contribution in [3.63, 3.8) is 0 Å². The van der Waals surface area contributed by atoms with Gasteiger partial charge < -0.3 is 23.8 Å². The molecule has 0 aliphatic rings. The summed E-state index contributed by atoms with van der Waals surface area (Å²) in [4.78, 5) is 37.1. The molecule has 2 unspecified atom stereocenters. The average molecular weight is 853 g/mol. The van der Waals surface area contributed by atoms with E-state index in [-0.39, 0.29) is 36.2 Å². The van der Waals surface area contributed by atoms with Crippen LogP contribution in [0.5, 0.6) is 0 Å². The van der Waals surface area contributed by atoms with E-state index in [2.05, 4.69) is 98.9 Å². The summed E-state index contributed by atoms with van der Waals surface area (Å²) in [6.07, 6.45) is 56.2. The number of carboxylic acids is 1. The maximum Gasteiger partial charge on any atom is 0.362 e. The molecule has 0 aromatic heterocycles. The Morgan fingerprint density at radius 3 is 1.49 bits per heavy atom. The van der Waals surface area contributed by atoms with Gasteiger partial charge in [-0.15, -0.1) is 0 Å². The van der Waals surface area contributed by atoms with Gasteiger partial charge in [0.05, 0.1) is 34.4 Å². The smallest absolute Gasteiger partial charge is 0.362 e. The van der Waals surface area contributed by atoms with Gasteiger partial charge in [0.25, 0.3) is 0 Å². The second kappa shape index (κ2) is 43.2. The molecule has 8 nitrogen and oxygen atoms in total. The summed E-state index contributed by atoms with van der Waals surface area (Å²) in [5.74, 6) is -1.52. The number of hydrogen-bond acceptors (Lipinski definition) is 6. The Balaban J connectivity index is 4.38. The molecule has 0 saturated carbocycles. The van der Waals surface area contributed by atoms with E-state index in [1.165, 1.54) is 44.9 Å². The summed E-state index contributed by atoms with van der Waals surface area (Å²) in [5.41, 5.74) is 0. The molecule has 8 heteroatoms. The maximum absolute atomic E-state index is 12.8. The van der Waals surface area contributed by atoms with Crippen molar-refractivity contribution in [2.45, 2.75) is 193 Å². The van der Waals surface area contributed by atoms with E-state index in [1.54, 1.807) is 0 Å². The van der Waals surface area contributed by atoms with E-state index in [0.717, 1.165) is 103 Å². The van der Waals surface area contributed by atoms with Crippen molar-refractivity contribution in [1.29, 1.82) is 0 Å². The topological polar surface area (TPSA) is 99.1 Å². The Bertz CT molecular complexity index is 1270. The van der Waals surface area contributed by atoms with Gasteiger partial charge in [0.2, 0.25) is 0 Å². The van der Waals surface area contributed by atoms with Crippen LogP contribution in [0.25, 0.3) is 0 Å². The molecule has 0 amide bonds. The van der Waals surface area contributed by atoms with E-state index < -0.39 is 18.1 Å². The number of likely N-dealkylation sites (N-methyl/N-ethyl adjacent to an activating group) is 1. The van der Waals surface area contributed by atoms with Crippen molar-refractivity contribution in [2.75, 3.05) is 41.0 Å². The molecule has 61 heavy (non-hydrogen) atoms. The summed E-state index contributed by atoms with van der Waals surface area (Å²) >= 11 is 0. The maximum atomic E-state index is 12.8. The molecule has 0 aromatic carbocycles. The van der Waals surface area contributed by atoms with Crippen molar-refractivity contribution >= 4 is 17.9 Å². The third-order valence-electron chi connectivity index (χ3n) is 10.3. The Hall–Kier alpha value is -3.49. The number of hydrogen-bond donors (Lipinski definition) is 1. The number of esters is 2. The molecule has 0 rings (SSSR count). The first-order valence-electron chi connectivity index (χ1n) is 24.2. The van der Waals surface area contributed by atoms with Gasteiger partial charge in [-0.3, -0.25) is 9.59 Å². The van der Waals surface area contributed by atoms with Crippen LogP contribution < -0.4 is 0 Å². The summed E-state index contributed by atoms with van der Waals surface area (Å²) in [7, 11) is 5.51. The van der Waals surface area contributed by atoms with Crippen molar-refractivity contribution in [1.82, 2.24) is 0 Å². The number of rotatable bonds is 42. The van der Waals surface area contributed by atoms with Gasteiger partial charge in [-0.1, -0.05) is 170 Å². The highest BCUT2D eigenvalue weighted by Crippen LogP contribution is 2.13. The number of unbranched alkanes of at least 4 members (excludes halogenated alkanes) is 16. The predicted octanol–water partition coefficient (Wildman–Crippen LogP) is 13.7. The minimum atomic E-state index is -0.884. The van der Waals surface area contributed by atoms with Crippen LogP contribution in [0.2, 0.25) is 0 Å². The Kier molecular flexibility index (Phi) is 40.7. The van der Waals surface area contributed by atoms with Gasteiger partial charge in [0.1, 0.15) is 6.61 Å². The fourth-order valence-corrected chi connectivity index (χ4v) is 6.61. The fourth-order valence-electron chi connectivity index (χ4n) is 6.61. The van der Waals surface area contributed by atoms with Crippen LogP contribution in [0.4, 0.5) is 0 Å². The lowest BCUT2D eigenvalue weighted by Gasteiger charge is -2.31. The molecular weight excluding hydrogens is 763 g/mol. The second-order valence-electron chi connectivity index (χ2n) is 17.0. The third kappa shape index (κ3) is 41.6. The van der Waals surface area contributed by atoms with Crippen molar-refractivity contribution < 1.29 is 38.2 Å². The summed E-state index contributed by atoms with van der Waals surface area (Å²) in [5, 5.41) is 9.64. The molecule has 0 aromatic rings. The van der Waals surface area contributed by atoms with E-state index in [4.69, 9.17) is 14.2 Å². The number of nitrogens with zero attached hydrogens (tertiary/aromatic N) is 1. The van der Waals surface area contributed by atoms with Gasteiger partial charge in [0.15, 0.2) is 12.1 Å². The molecule has 0 aliphatic carbocycles. The van der Waals surface area contributed by atoms with Crippen LogP contribution in [-0.2, 0) is 28.6 Å². The molecule has 1 N–H and O–H groups in total. The van der Waals surface area contributed by atoms with Gasteiger partial charge >= 0.3 is 17.9 Å². The molecule has 2 atom stereocenters. The largest absolute Gasteiger partial charge is 0.477 e. The zero-order chi connectivity index (χ0) is 44.9. The highest BCUT2D eigenvalue weighted by molar-refractivity contribution is 5.72. The molecule has 0 bridgehead atoms. The quantitative estimate of drug-likeness (QED) is 0.0215. The normalized spacial score (nSPS) is 13.7. The predicted molar refractivity (Wildman–Crippen MR) is 256 cm³/mol. The van der Waals surface area contributed by atoms with Gasteiger partial charge in [0, 0.05) is 19.3 Å². The minimum Gasteiger partial charge on any atom is -0.477 e. The van der Waals surface area contributed by atoms with E-state index >= 15 is 0 Å². The lowest BCUT2D eigenvalue weighted by Crippen LogP contribution is -2.50. The van der Waals surface area contributed by atoms with Crippen LogP contribution in [0.1, 0.15) is 181 Å². The number of carbonyl (C=O) groups is 3. The minimum absolute atomic E-state index is 0.0432. The standard InChI is InChI=1S/C53H89NO7/c1-6-8-10-12-14-16-18-20-22-24-26-28-29-31-33-35-37-39-41-43-51(55)60-48-49(47-59-46-45-50(53(57)58)54(3,4)5)61-52(56)44-42-40-38-36-34-32-30-27-25-23-21-19-17-15-13-11-9-7-2/h8,10,14,16,19-23,25-28,30,49-50H,6-7,9,11-13,15,17-18,24,29,31-48H2,1-5H3/p+1/b10-8+,16-14+,21-19+,22-20+,25-23+,28-26+,30-27+. The van der Waals surface area contributed by atoms with Crippen LogP contribution in [-0.4, -0.2) is 80.6 Å². The molecule has 0 spiro atoms. The van der Waals surface area contributed by atoms with Crippen LogP contribution in [0.3, 0.4) is 0 Å². The molecule has 0 saturated heterocycles. The van der Waals surface area contributed by atoms with Gasteiger partial charge in [-0.2, -0.15) is 0 Å². The highest BCUT2D eigenvalue weighted by Gasteiger charge is 2.31. The zero-order valence-corrected chi connectivity index (χ0v) is 39.6. The van der Waals surface area contributed by atoms with Crippen molar-refractivity contribution in [3.05, 3.63) is 85.1 Å². The summed E-state index contributed by atoms with van der Waals surface area (Å²) in [6.45, 7) is 4.56. The molecule has 0 heterocycles.